The van der Waals surface area contributed by atoms with Crippen LogP contribution in [0.3, 0.4) is 0 Å². The van der Waals surface area contributed by atoms with Crippen LogP contribution in [0.25, 0.3) is 0 Å². The minimum Gasteiger partial charge on any atom is -0.370 e. The molecule has 0 saturated carbocycles. The van der Waals surface area contributed by atoms with Crippen molar-refractivity contribution >= 4 is 29.3 Å². The number of nitrogens with zero attached hydrogens (tertiary/aromatic N) is 1. The topological polar surface area (TPSA) is 87.7 Å². The molecule has 0 aliphatic carbocycles. The van der Waals surface area contributed by atoms with Crippen LogP contribution in [0.2, 0.25) is 5.02 Å². The third kappa shape index (κ3) is 6.04. The van der Waals surface area contributed by atoms with Gasteiger partial charge in [0.05, 0.1) is 19.7 Å². The lowest BCUT2D eigenvalue weighted by atomic mass is 10.1. The van der Waals surface area contributed by atoms with Crippen LogP contribution in [-0.4, -0.2) is 48.9 Å². The maximum atomic E-state index is 12.4. The number of hydrogen-bond donors (Lipinski definition) is 2. The molecule has 1 saturated heterocycles. The SMILES string of the molecule is O=C(NCC(=O)N1CCOC(c2ccccc2)C1)C(=O)NCc1ccc(Cl)cc1. The van der Waals surface area contributed by atoms with Gasteiger partial charge in [0, 0.05) is 18.1 Å². The fraction of sp³-hybridized carbons (Fsp3) is 0.286. The Bertz CT molecular complexity index is 858. The van der Waals surface area contributed by atoms with Crippen molar-refractivity contribution in [2.45, 2.75) is 12.6 Å². The van der Waals surface area contributed by atoms with Gasteiger partial charge in [0.15, 0.2) is 0 Å². The maximum absolute atomic E-state index is 12.4. The molecule has 2 aromatic carbocycles. The summed E-state index contributed by atoms with van der Waals surface area (Å²) in [5.74, 6) is -1.90. The lowest BCUT2D eigenvalue weighted by Gasteiger charge is -2.33. The van der Waals surface area contributed by atoms with Gasteiger partial charge in [-0.3, -0.25) is 14.4 Å². The molecule has 7 nitrogen and oxygen atoms in total. The third-order valence-electron chi connectivity index (χ3n) is 4.56. The molecular weight excluding hydrogens is 394 g/mol. The van der Waals surface area contributed by atoms with Crippen LogP contribution >= 0.6 is 11.6 Å². The van der Waals surface area contributed by atoms with E-state index in [4.69, 9.17) is 16.3 Å². The minimum atomic E-state index is -0.847. The number of nitrogens with one attached hydrogen (secondary N) is 2. The zero-order valence-electron chi connectivity index (χ0n) is 15.8. The Morgan fingerprint density at radius 1 is 1.00 bits per heavy atom. The first-order valence-electron chi connectivity index (χ1n) is 9.27. The Morgan fingerprint density at radius 3 is 2.41 bits per heavy atom. The van der Waals surface area contributed by atoms with Crippen molar-refractivity contribution in [1.82, 2.24) is 15.5 Å². The number of ether oxygens (including phenoxy) is 1. The molecule has 0 radical (unpaired) electrons. The number of morpholine rings is 1. The Hall–Kier alpha value is -2.90. The number of rotatable bonds is 5. The van der Waals surface area contributed by atoms with Crippen LogP contribution in [0.1, 0.15) is 17.2 Å². The van der Waals surface area contributed by atoms with E-state index < -0.39 is 11.8 Å². The van der Waals surface area contributed by atoms with Crippen LogP contribution in [0, 0.1) is 0 Å². The van der Waals surface area contributed by atoms with Crippen molar-refractivity contribution < 1.29 is 19.1 Å². The molecule has 0 aromatic heterocycles. The van der Waals surface area contributed by atoms with Crippen molar-refractivity contribution in [2.24, 2.45) is 0 Å². The molecule has 0 spiro atoms. The zero-order chi connectivity index (χ0) is 20.6. The van der Waals surface area contributed by atoms with E-state index in [2.05, 4.69) is 10.6 Å². The summed E-state index contributed by atoms with van der Waals surface area (Å²) in [5.41, 5.74) is 1.81. The smallest absolute Gasteiger partial charge is 0.309 e. The van der Waals surface area contributed by atoms with Crippen LogP contribution in [0.15, 0.2) is 54.6 Å². The van der Waals surface area contributed by atoms with E-state index in [-0.39, 0.29) is 25.1 Å². The van der Waals surface area contributed by atoms with Crippen LogP contribution in [-0.2, 0) is 25.7 Å². The molecule has 2 N–H and O–H groups in total. The second-order valence-electron chi connectivity index (χ2n) is 6.60. The molecule has 8 heteroatoms. The molecule has 1 atom stereocenters. The van der Waals surface area contributed by atoms with Gasteiger partial charge in [-0.05, 0) is 23.3 Å². The number of halogens is 1. The van der Waals surface area contributed by atoms with Crippen molar-refractivity contribution in [3.8, 4) is 0 Å². The Kier molecular flexibility index (Phi) is 7.21. The summed E-state index contributed by atoms with van der Waals surface area (Å²) in [6.07, 6.45) is -0.202. The molecule has 3 amide bonds. The standard InChI is InChI=1S/C21H22ClN3O4/c22-17-8-6-15(7-9-17)12-23-20(27)21(28)24-13-19(26)25-10-11-29-18(14-25)16-4-2-1-3-5-16/h1-9,18H,10-14H2,(H,23,27)(H,24,28). The molecule has 1 heterocycles. The molecule has 0 bridgehead atoms. The number of benzene rings is 2. The predicted octanol–water partition coefficient (Wildman–Crippen LogP) is 1.67. The number of amides is 3. The number of hydrogen-bond acceptors (Lipinski definition) is 4. The van der Waals surface area contributed by atoms with E-state index >= 15 is 0 Å². The lowest BCUT2D eigenvalue weighted by Crippen LogP contribution is -2.48. The van der Waals surface area contributed by atoms with Gasteiger partial charge >= 0.3 is 11.8 Å². The largest absolute Gasteiger partial charge is 0.370 e. The molecule has 2 aromatic rings. The van der Waals surface area contributed by atoms with Gasteiger partial charge in [-0.2, -0.15) is 0 Å². The summed E-state index contributed by atoms with van der Waals surface area (Å²) in [6.45, 7) is 1.22. The van der Waals surface area contributed by atoms with E-state index in [1.54, 1.807) is 29.2 Å². The van der Waals surface area contributed by atoms with Crippen LogP contribution in [0.5, 0.6) is 0 Å². The number of carbonyl (C=O) groups excluding carboxylic acids is 3. The van der Waals surface area contributed by atoms with Crippen molar-refractivity contribution in [1.29, 1.82) is 0 Å². The average Bonchev–Trinajstić information content (AvgIpc) is 2.77. The Balaban J connectivity index is 1.43. The molecule has 1 unspecified atom stereocenters. The second kappa shape index (κ2) is 10.0. The maximum Gasteiger partial charge on any atom is 0.309 e. The molecule has 29 heavy (non-hydrogen) atoms. The van der Waals surface area contributed by atoms with E-state index in [0.717, 1.165) is 11.1 Å². The predicted molar refractivity (Wildman–Crippen MR) is 108 cm³/mol. The Labute approximate surface area is 174 Å². The summed E-state index contributed by atoms with van der Waals surface area (Å²) in [7, 11) is 0. The highest BCUT2D eigenvalue weighted by Gasteiger charge is 2.26. The first kappa shape index (κ1) is 20.8. The summed E-state index contributed by atoms with van der Waals surface area (Å²) in [6, 6.07) is 16.6. The summed E-state index contributed by atoms with van der Waals surface area (Å²) >= 11 is 5.81. The van der Waals surface area contributed by atoms with Gasteiger partial charge in [0.2, 0.25) is 5.91 Å². The van der Waals surface area contributed by atoms with E-state index in [1.165, 1.54) is 0 Å². The monoisotopic (exact) mass is 415 g/mol. The van der Waals surface area contributed by atoms with E-state index in [0.29, 0.717) is 24.7 Å². The van der Waals surface area contributed by atoms with Gasteiger partial charge in [0.1, 0.15) is 6.10 Å². The normalized spacial score (nSPS) is 16.2. The quantitative estimate of drug-likeness (QED) is 0.727. The van der Waals surface area contributed by atoms with Crippen molar-refractivity contribution in [2.75, 3.05) is 26.2 Å². The molecule has 1 aliphatic heterocycles. The highest BCUT2D eigenvalue weighted by molar-refractivity contribution is 6.35. The fourth-order valence-electron chi connectivity index (χ4n) is 2.96. The van der Waals surface area contributed by atoms with Gasteiger partial charge in [0.25, 0.3) is 0 Å². The third-order valence-corrected chi connectivity index (χ3v) is 4.82. The summed E-state index contributed by atoms with van der Waals surface area (Å²) in [5, 5.41) is 5.48. The summed E-state index contributed by atoms with van der Waals surface area (Å²) in [4.78, 5) is 37.9. The first-order chi connectivity index (χ1) is 14.0. The van der Waals surface area contributed by atoms with Gasteiger partial charge < -0.3 is 20.3 Å². The second-order valence-corrected chi connectivity index (χ2v) is 7.04. The minimum absolute atomic E-state index is 0.194. The lowest BCUT2D eigenvalue weighted by molar-refractivity contribution is -0.142. The molecular formula is C21H22ClN3O4. The fourth-order valence-corrected chi connectivity index (χ4v) is 3.08. The van der Waals surface area contributed by atoms with Gasteiger partial charge in [-0.25, -0.2) is 0 Å². The first-order valence-corrected chi connectivity index (χ1v) is 9.65. The molecule has 1 aliphatic rings. The number of carbonyl (C=O) groups is 3. The highest BCUT2D eigenvalue weighted by Crippen LogP contribution is 2.21. The molecule has 3 rings (SSSR count). The zero-order valence-corrected chi connectivity index (χ0v) is 16.5. The molecule has 152 valence electrons. The Morgan fingerprint density at radius 2 is 1.69 bits per heavy atom. The van der Waals surface area contributed by atoms with E-state index in [1.807, 2.05) is 30.3 Å². The van der Waals surface area contributed by atoms with Crippen LogP contribution < -0.4 is 10.6 Å². The van der Waals surface area contributed by atoms with E-state index in [9.17, 15) is 14.4 Å². The van der Waals surface area contributed by atoms with Gasteiger partial charge in [-0.1, -0.05) is 54.1 Å². The van der Waals surface area contributed by atoms with Crippen LogP contribution in [0.4, 0.5) is 0 Å². The molecule has 1 fully saturated rings. The average molecular weight is 416 g/mol. The van der Waals surface area contributed by atoms with Gasteiger partial charge in [-0.15, -0.1) is 0 Å². The van der Waals surface area contributed by atoms with Crippen molar-refractivity contribution in [3.63, 3.8) is 0 Å². The highest BCUT2D eigenvalue weighted by atomic mass is 35.5. The summed E-state index contributed by atoms with van der Waals surface area (Å²) < 4.78 is 5.74. The van der Waals surface area contributed by atoms with Crippen molar-refractivity contribution in [3.05, 3.63) is 70.7 Å².